The molecule has 0 bridgehead atoms. The quantitative estimate of drug-likeness (QED) is 0.313. The van der Waals surface area contributed by atoms with E-state index in [1.165, 1.54) is 0 Å². The third kappa shape index (κ3) is 8170. The van der Waals surface area contributed by atoms with Gasteiger partial charge in [-0.25, -0.2) is 0 Å². The van der Waals surface area contributed by atoms with Crippen molar-refractivity contribution in [1.82, 2.24) is 0 Å². The molecule has 0 aromatic heterocycles. The van der Waals surface area contributed by atoms with Gasteiger partial charge in [-0.2, -0.15) is 8.42 Å². The van der Waals surface area contributed by atoms with Gasteiger partial charge in [0.15, 0.2) is 0 Å². The molecule has 0 heterocycles. The maximum atomic E-state index is 8.74. The van der Waals surface area contributed by atoms with Crippen LogP contribution >= 0.6 is 0 Å². The molecule has 0 rings (SSSR count). The molecule has 0 saturated carbocycles. The zero-order valence-corrected chi connectivity index (χ0v) is 6.39. The van der Waals surface area contributed by atoms with E-state index in [0.29, 0.717) is 0 Å². The van der Waals surface area contributed by atoms with E-state index in [-0.39, 0.29) is 39.0 Å². The summed E-state index contributed by atoms with van der Waals surface area (Å²) in [6, 6.07) is 0. The van der Waals surface area contributed by atoms with Gasteiger partial charge in [-0.1, -0.05) is 0 Å². The summed E-state index contributed by atoms with van der Waals surface area (Å²) in [4.78, 5) is 0. The van der Waals surface area contributed by atoms with E-state index in [1.807, 2.05) is 0 Å². The average molecular weight is 226 g/mol. The Hall–Kier alpha value is 0.229. The molecule has 10 heteroatoms. The molecule has 10 N–H and O–H groups in total. The molecular formula is H10FeO8S. The topological polar surface area (TPSA) is 201 Å². The van der Waals surface area contributed by atoms with Crippen molar-refractivity contribution in [2.45, 2.75) is 0 Å². The molecule has 72 valence electrons. The predicted octanol–water partition coefficient (Wildman–Crippen LogP) is -3.95. The van der Waals surface area contributed by atoms with E-state index < -0.39 is 10.4 Å². The number of hydrogen-bond donors (Lipinski definition) is 2. The van der Waals surface area contributed by atoms with Gasteiger partial charge in [-0.3, -0.25) is 9.11 Å². The SMILES string of the molecule is O.O.O.O.O=S(=O)(O)O.[Fe]. The fourth-order valence-corrected chi connectivity index (χ4v) is 0. The first-order valence-electron chi connectivity index (χ1n) is 0.698. The molecule has 0 unspecified atom stereocenters. The molecule has 0 aliphatic heterocycles. The van der Waals surface area contributed by atoms with Crippen molar-refractivity contribution >= 4 is 10.4 Å². The van der Waals surface area contributed by atoms with Crippen LogP contribution in [-0.2, 0) is 27.5 Å². The van der Waals surface area contributed by atoms with Gasteiger partial charge in [-0.15, -0.1) is 0 Å². The van der Waals surface area contributed by atoms with Gasteiger partial charge in [0.2, 0.25) is 0 Å². The third-order valence-corrected chi connectivity index (χ3v) is 0. The van der Waals surface area contributed by atoms with Crippen molar-refractivity contribution in [2.24, 2.45) is 0 Å². The molecule has 0 spiro atoms. The van der Waals surface area contributed by atoms with Crippen molar-refractivity contribution < 1.29 is 56.5 Å². The maximum absolute atomic E-state index is 8.74. The van der Waals surface area contributed by atoms with Gasteiger partial charge in [0.1, 0.15) is 0 Å². The number of rotatable bonds is 0. The second-order valence-corrected chi connectivity index (χ2v) is 1.34. The summed E-state index contributed by atoms with van der Waals surface area (Å²) >= 11 is 0. The van der Waals surface area contributed by atoms with E-state index in [0.717, 1.165) is 0 Å². The van der Waals surface area contributed by atoms with Crippen molar-refractivity contribution in [3.63, 3.8) is 0 Å². The van der Waals surface area contributed by atoms with Crippen LogP contribution in [0.25, 0.3) is 0 Å². The Morgan fingerprint density at radius 2 is 0.800 bits per heavy atom. The van der Waals surface area contributed by atoms with Crippen LogP contribution in [0.4, 0.5) is 0 Å². The molecule has 0 radical (unpaired) electrons. The van der Waals surface area contributed by atoms with Crippen LogP contribution in [0.2, 0.25) is 0 Å². The summed E-state index contributed by atoms with van der Waals surface area (Å²) in [5.74, 6) is 0. The molecule has 0 fully saturated rings. The molecule has 0 aliphatic rings. The molecule has 0 aromatic carbocycles. The minimum Gasteiger partial charge on any atom is -0.412 e. The molecule has 0 amide bonds. The molecule has 8 nitrogen and oxygen atoms in total. The molecule has 0 aromatic rings. The van der Waals surface area contributed by atoms with Crippen molar-refractivity contribution in [1.29, 1.82) is 0 Å². The van der Waals surface area contributed by atoms with Crippen LogP contribution in [0, 0.1) is 0 Å². The largest absolute Gasteiger partial charge is 0.412 e. The summed E-state index contributed by atoms with van der Waals surface area (Å²) in [6.45, 7) is 0. The van der Waals surface area contributed by atoms with Crippen LogP contribution in [-0.4, -0.2) is 39.4 Å². The Morgan fingerprint density at radius 1 is 0.800 bits per heavy atom. The van der Waals surface area contributed by atoms with Crippen molar-refractivity contribution in [3.05, 3.63) is 0 Å². The standard InChI is InChI=1S/Fe.H2O4S.4H2O/c;1-5(2,3)4;;;;/h;(H2,1,2,3,4);4*1H2. The Balaban J connectivity index is -0.00000000800. The smallest absolute Gasteiger partial charge is 0.394 e. The molecular weight excluding hydrogens is 216 g/mol. The van der Waals surface area contributed by atoms with E-state index in [9.17, 15) is 0 Å². The molecule has 10 heavy (non-hydrogen) atoms. The fraction of sp³-hybridized carbons (Fsp3) is 0. The van der Waals surface area contributed by atoms with Crippen molar-refractivity contribution in [3.8, 4) is 0 Å². The zero-order valence-electron chi connectivity index (χ0n) is 4.47. The van der Waals surface area contributed by atoms with E-state index in [4.69, 9.17) is 17.5 Å². The van der Waals surface area contributed by atoms with Gasteiger partial charge < -0.3 is 21.9 Å². The Morgan fingerprint density at radius 3 is 0.800 bits per heavy atom. The van der Waals surface area contributed by atoms with Gasteiger partial charge >= 0.3 is 10.4 Å². The first kappa shape index (κ1) is 48.7. The molecule has 0 atom stereocenters. The normalized spacial score (nSPS) is 5.80. The van der Waals surface area contributed by atoms with Crippen LogP contribution in [0.1, 0.15) is 0 Å². The van der Waals surface area contributed by atoms with E-state index in [2.05, 4.69) is 0 Å². The van der Waals surface area contributed by atoms with E-state index in [1.54, 1.807) is 0 Å². The van der Waals surface area contributed by atoms with Gasteiger partial charge in [-0.05, 0) is 0 Å². The number of hydrogen-bond acceptors (Lipinski definition) is 2. The molecule has 0 saturated heterocycles. The first-order valence-corrected chi connectivity index (χ1v) is 2.10. The van der Waals surface area contributed by atoms with Crippen LogP contribution < -0.4 is 0 Å². The van der Waals surface area contributed by atoms with Crippen molar-refractivity contribution in [2.75, 3.05) is 0 Å². The summed E-state index contributed by atoms with van der Waals surface area (Å²) in [6.07, 6.45) is 0. The summed E-state index contributed by atoms with van der Waals surface area (Å²) in [5.41, 5.74) is 0. The summed E-state index contributed by atoms with van der Waals surface area (Å²) in [7, 11) is -4.67. The Labute approximate surface area is 67.5 Å². The first-order chi connectivity index (χ1) is 2.00. The van der Waals surface area contributed by atoms with Gasteiger partial charge in [0.05, 0.1) is 0 Å². The van der Waals surface area contributed by atoms with Gasteiger partial charge in [0, 0.05) is 17.1 Å². The second-order valence-electron chi connectivity index (χ2n) is 0.448. The fourth-order valence-electron chi connectivity index (χ4n) is 0. The second kappa shape index (κ2) is 16.1. The monoisotopic (exact) mass is 226 g/mol. The van der Waals surface area contributed by atoms with Crippen LogP contribution in [0.15, 0.2) is 0 Å². The summed E-state index contributed by atoms with van der Waals surface area (Å²) < 4.78 is 31.6. The van der Waals surface area contributed by atoms with Crippen LogP contribution in [0.3, 0.4) is 0 Å². The van der Waals surface area contributed by atoms with E-state index >= 15 is 0 Å². The third-order valence-electron chi connectivity index (χ3n) is 0. The van der Waals surface area contributed by atoms with Gasteiger partial charge in [0.25, 0.3) is 0 Å². The minimum atomic E-state index is -4.67. The Bertz CT molecular complexity index is 92.4. The summed E-state index contributed by atoms with van der Waals surface area (Å²) in [5, 5.41) is 0. The Kier molecular flexibility index (Phi) is 78.5. The predicted molar refractivity (Wildman–Crippen MR) is 28.6 cm³/mol. The minimum absolute atomic E-state index is 0. The average Bonchev–Trinajstić information content (AvgIpc) is 0.722. The zero-order chi connectivity index (χ0) is 4.50. The van der Waals surface area contributed by atoms with Crippen LogP contribution in [0.5, 0.6) is 0 Å². The maximum Gasteiger partial charge on any atom is 0.394 e. The molecule has 0 aliphatic carbocycles.